The van der Waals surface area contributed by atoms with Gasteiger partial charge in [0, 0.05) is 20.1 Å². The highest BCUT2D eigenvalue weighted by atomic mass is 19.2. The van der Waals surface area contributed by atoms with E-state index in [2.05, 4.69) is 15.6 Å². The van der Waals surface area contributed by atoms with Crippen molar-refractivity contribution in [1.82, 2.24) is 25.1 Å². The number of carbonyl (C=O) groups is 2. The van der Waals surface area contributed by atoms with Gasteiger partial charge >= 0.3 is 0 Å². The minimum Gasteiger partial charge on any atom is -0.357 e. The van der Waals surface area contributed by atoms with Crippen LogP contribution in [0.3, 0.4) is 0 Å². The fourth-order valence-electron chi connectivity index (χ4n) is 3.80. The molecule has 1 aromatic carbocycles. The van der Waals surface area contributed by atoms with E-state index in [1.54, 1.807) is 4.57 Å². The number of aromatic nitrogens is 2. The zero-order valence-corrected chi connectivity index (χ0v) is 18.6. The van der Waals surface area contributed by atoms with Crippen LogP contribution in [-0.4, -0.2) is 52.9 Å². The molecule has 7 nitrogen and oxygen atoms in total. The monoisotopic (exact) mass is 433 g/mol. The second kappa shape index (κ2) is 8.74. The van der Waals surface area contributed by atoms with Crippen LogP contribution in [0.1, 0.15) is 43.4 Å². The van der Waals surface area contributed by atoms with Crippen LogP contribution in [0.15, 0.2) is 18.2 Å². The second-order valence-corrected chi connectivity index (χ2v) is 8.96. The minimum absolute atomic E-state index is 0.00326. The van der Waals surface area contributed by atoms with E-state index in [0.717, 1.165) is 19.0 Å². The lowest BCUT2D eigenvalue weighted by atomic mass is 9.86. The van der Waals surface area contributed by atoms with Crippen molar-refractivity contribution in [2.75, 3.05) is 20.6 Å². The van der Waals surface area contributed by atoms with Crippen LogP contribution in [0.4, 0.5) is 8.78 Å². The van der Waals surface area contributed by atoms with Crippen molar-refractivity contribution in [2.24, 2.45) is 5.41 Å². The summed E-state index contributed by atoms with van der Waals surface area (Å²) in [5.41, 5.74) is 0.190. The van der Waals surface area contributed by atoms with Crippen LogP contribution in [0.25, 0.3) is 11.4 Å². The molecule has 0 radical (unpaired) electrons. The minimum atomic E-state index is -1.00. The lowest BCUT2D eigenvalue weighted by Gasteiger charge is -2.29. The Balaban J connectivity index is 2.10. The number of rotatable bonds is 4. The predicted molar refractivity (Wildman–Crippen MR) is 113 cm³/mol. The standard InChI is InChI=1S/C22H29F2N5O2/c1-22(2,3)18(21(31)25-4)27-20(30)17-15-12-28(5)10-7-11-29(15)19(26-17)13-8-6-9-14(23)16(13)24/h6,8-9,18H,7,10-12H2,1-5H3,(H,25,31)(H,27,30)/t18-/m1/s1. The molecule has 0 bridgehead atoms. The van der Waals surface area contributed by atoms with E-state index in [1.165, 1.54) is 19.2 Å². The van der Waals surface area contributed by atoms with Gasteiger partial charge < -0.3 is 20.1 Å². The zero-order chi connectivity index (χ0) is 22.9. The van der Waals surface area contributed by atoms with Crippen LogP contribution in [-0.2, 0) is 17.9 Å². The number of fused-ring (bicyclic) bond motifs is 1. The fraction of sp³-hybridized carbons (Fsp3) is 0.500. The van der Waals surface area contributed by atoms with Crippen LogP contribution in [0.2, 0.25) is 0 Å². The molecule has 31 heavy (non-hydrogen) atoms. The first kappa shape index (κ1) is 22.9. The molecule has 9 heteroatoms. The number of nitrogens with one attached hydrogen (secondary N) is 2. The Morgan fingerprint density at radius 3 is 2.55 bits per heavy atom. The zero-order valence-electron chi connectivity index (χ0n) is 18.6. The largest absolute Gasteiger partial charge is 0.357 e. The van der Waals surface area contributed by atoms with Crippen LogP contribution >= 0.6 is 0 Å². The molecule has 168 valence electrons. The molecule has 0 unspecified atom stereocenters. The van der Waals surface area contributed by atoms with Gasteiger partial charge in [-0.05, 0) is 37.6 Å². The molecule has 0 saturated heterocycles. The molecule has 2 amide bonds. The second-order valence-electron chi connectivity index (χ2n) is 8.96. The van der Waals surface area contributed by atoms with Gasteiger partial charge in [-0.1, -0.05) is 26.8 Å². The first-order chi connectivity index (χ1) is 14.5. The van der Waals surface area contributed by atoms with Gasteiger partial charge in [0.1, 0.15) is 11.9 Å². The summed E-state index contributed by atoms with van der Waals surface area (Å²) in [5, 5.41) is 5.36. The number of nitrogens with zero attached hydrogens (tertiary/aromatic N) is 3. The van der Waals surface area contributed by atoms with Gasteiger partial charge in [0.25, 0.3) is 5.91 Å². The van der Waals surface area contributed by atoms with Crippen molar-refractivity contribution in [3.05, 3.63) is 41.2 Å². The number of likely N-dealkylation sites (N-methyl/N-ethyl adjacent to an activating group) is 1. The average Bonchev–Trinajstić information content (AvgIpc) is 2.92. The maximum Gasteiger partial charge on any atom is 0.272 e. The van der Waals surface area contributed by atoms with E-state index >= 15 is 0 Å². The summed E-state index contributed by atoms with van der Waals surface area (Å²) in [6.45, 7) is 7.28. The SMILES string of the molecule is CNC(=O)[C@@H](NC(=O)c1nc(-c2cccc(F)c2F)n2c1CN(C)CCC2)C(C)(C)C. The molecule has 1 aromatic heterocycles. The molecule has 2 aromatic rings. The Morgan fingerprint density at radius 1 is 1.19 bits per heavy atom. The fourth-order valence-corrected chi connectivity index (χ4v) is 3.80. The summed E-state index contributed by atoms with van der Waals surface area (Å²) in [4.78, 5) is 32.1. The van der Waals surface area contributed by atoms with Gasteiger partial charge in [-0.3, -0.25) is 9.59 Å². The third-order valence-electron chi connectivity index (χ3n) is 5.47. The number of halogens is 2. The normalized spacial score (nSPS) is 15.7. The Bertz CT molecular complexity index is 997. The summed E-state index contributed by atoms with van der Waals surface area (Å²) in [6, 6.07) is 3.12. The van der Waals surface area contributed by atoms with E-state index in [-0.39, 0.29) is 23.0 Å². The van der Waals surface area contributed by atoms with Crippen molar-refractivity contribution in [3.63, 3.8) is 0 Å². The van der Waals surface area contributed by atoms with Crippen LogP contribution < -0.4 is 10.6 Å². The van der Waals surface area contributed by atoms with Gasteiger partial charge in [-0.2, -0.15) is 0 Å². The Morgan fingerprint density at radius 2 is 1.90 bits per heavy atom. The van der Waals surface area contributed by atoms with Crippen LogP contribution in [0, 0.1) is 17.0 Å². The molecule has 1 atom stereocenters. The molecule has 1 aliphatic heterocycles. The van der Waals surface area contributed by atoms with E-state index in [1.807, 2.05) is 32.7 Å². The predicted octanol–water partition coefficient (Wildman–Crippen LogP) is 2.55. The van der Waals surface area contributed by atoms with Crippen molar-refractivity contribution in [2.45, 2.75) is 46.3 Å². The highest BCUT2D eigenvalue weighted by Crippen LogP contribution is 2.29. The van der Waals surface area contributed by atoms with Crippen molar-refractivity contribution in [3.8, 4) is 11.4 Å². The highest BCUT2D eigenvalue weighted by molar-refractivity contribution is 5.97. The summed E-state index contributed by atoms with van der Waals surface area (Å²) in [5.74, 6) is -2.61. The maximum atomic E-state index is 14.6. The number of hydrogen-bond donors (Lipinski definition) is 2. The third kappa shape index (κ3) is 4.61. The van der Waals surface area contributed by atoms with E-state index in [9.17, 15) is 18.4 Å². The molecule has 0 aliphatic carbocycles. The molecule has 0 fully saturated rings. The van der Waals surface area contributed by atoms with Crippen molar-refractivity contribution < 1.29 is 18.4 Å². The highest BCUT2D eigenvalue weighted by Gasteiger charge is 2.35. The molecule has 2 heterocycles. The Kier molecular flexibility index (Phi) is 6.45. The number of hydrogen-bond acceptors (Lipinski definition) is 4. The van der Waals surface area contributed by atoms with Gasteiger partial charge in [0.05, 0.1) is 11.3 Å². The summed E-state index contributed by atoms with van der Waals surface area (Å²) in [6.07, 6.45) is 0.772. The number of imidazole rings is 1. The molecular weight excluding hydrogens is 404 g/mol. The van der Waals surface area contributed by atoms with E-state index in [0.29, 0.717) is 18.8 Å². The average molecular weight is 434 g/mol. The number of benzene rings is 1. The van der Waals surface area contributed by atoms with E-state index < -0.39 is 29.0 Å². The summed E-state index contributed by atoms with van der Waals surface area (Å²) in [7, 11) is 3.44. The van der Waals surface area contributed by atoms with Gasteiger partial charge in [-0.15, -0.1) is 0 Å². The molecule has 0 spiro atoms. The maximum absolute atomic E-state index is 14.6. The lowest BCUT2D eigenvalue weighted by molar-refractivity contribution is -0.124. The topological polar surface area (TPSA) is 79.3 Å². The quantitative estimate of drug-likeness (QED) is 0.777. The Hall–Kier alpha value is -2.81. The van der Waals surface area contributed by atoms with Gasteiger partial charge in [-0.25, -0.2) is 13.8 Å². The van der Waals surface area contributed by atoms with E-state index in [4.69, 9.17) is 0 Å². The lowest BCUT2D eigenvalue weighted by Crippen LogP contribution is -2.53. The molecule has 3 rings (SSSR count). The Labute approximate surface area is 180 Å². The van der Waals surface area contributed by atoms with Crippen LogP contribution in [0.5, 0.6) is 0 Å². The molecule has 1 aliphatic rings. The summed E-state index contributed by atoms with van der Waals surface area (Å²) >= 11 is 0. The number of amides is 2. The smallest absolute Gasteiger partial charge is 0.272 e. The van der Waals surface area contributed by atoms with Gasteiger partial charge in [0.2, 0.25) is 5.91 Å². The third-order valence-corrected chi connectivity index (χ3v) is 5.47. The molecule has 2 N–H and O–H groups in total. The van der Waals surface area contributed by atoms with Gasteiger partial charge in [0.15, 0.2) is 17.3 Å². The first-order valence-corrected chi connectivity index (χ1v) is 10.3. The molecule has 0 saturated carbocycles. The summed E-state index contributed by atoms with van der Waals surface area (Å²) < 4.78 is 30.2. The van der Waals surface area contributed by atoms with Crippen molar-refractivity contribution in [1.29, 1.82) is 0 Å². The van der Waals surface area contributed by atoms with Crippen molar-refractivity contribution >= 4 is 11.8 Å². The molecular formula is C22H29F2N5O2. The number of carbonyl (C=O) groups excluding carboxylic acids is 2. The first-order valence-electron chi connectivity index (χ1n) is 10.3.